The Balaban J connectivity index is 2.08. The number of aryl methyl sites for hydroxylation is 1. The molecule has 1 aromatic heterocycles. The monoisotopic (exact) mass is 437 g/mol. The van der Waals surface area contributed by atoms with E-state index in [2.05, 4.69) is 25.7 Å². The lowest BCUT2D eigenvalue weighted by molar-refractivity contribution is 0.0953. The molecule has 172 valence electrons. The van der Waals surface area contributed by atoms with E-state index in [0.29, 0.717) is 25.0 Å². The van der Waals surface area contributed by atoms with Crippen molar-refractivity contribution in [1.29, 1.82) is 0 Å². The third-order valence-corrected chi connectivity index (χ3v) is 5.70. The Hall–Kier alpha value is -2.83. The summed E-state index contributed by atoms with van der Waals surface area (Å²) in [6.07, 6.45) is 1.37. The highest BCUT2D eigenvalue weighted by molar-refractivity contribution is 5.44. The molecule has 0 saturated heterocycles. The van der Waals surface area contributed by atoms with E-state index in [1.165, 1.54) is 0 Å². The molecule has 2 unspecified atom stereocenters. The van der Waals surface area contributed by atoms with E-state index < -0.39 is 6.10 Å². The lowest BCUT2D eigenvalue weighted by Crippen LogP contribution is -2.37. The van der Waals surface area contributed by atoms with E-state index in [9.17, 15) is 5.11 Å². The summed E-state index contributed by atoms with van der Waals surface area (Å²) in [5, 5.41) is 15.0. The molecule has 0 spiro atoms. The van der Waals surface area contributed by atoms with Crippen LogP contribution in [0.15, 0.2) is 54.6 Å². The van der Waals surface area contributed by atoms with Crippen LogP contribution in [-0.2, 0) is 13.0 Å². The first-order valence-corrected chi connectivity index (χ1v) is 11.4. The van der Waals surface area contributed by atoms with Crippen molar-refractivity contribution >= 4 is 0 Å². The third-order valence-electron chi connectivity index (χ3n) is 5.70. The Morgan fingerprint density at radius 2 is 1.66 bits per heavy atom. The molecule has 0 aliphatic carbocycles. The van der Waals surface area contributed by atoms with Crippen LogP contribution < -0.4 is 9.47 Å². The number of aromatic nitrogens is 2. The second-order valence-electron chi connectivity index (χ2n) is 8.14. The number of methoxy groups -OCH3 is 1. The zero-order chi connectivity index (χ0) is 23.1. The van der Waals surface area contributed by atoms with E-state index >= 15 is 0 Å². The fourth-order valence-corrected chi connectivity index (χ4v) is 3.73. The maximum absolute atomic E-state index is 10.1. The molecule has 2 aromatic carbocycles. The second kappa shape index (κ2) is 11.2. The zero-order valence-corrected chi connectivity index (χ0v) is 19.8. The predicted octanol–water partition coefficient (Wildman–Crippen LogP) is 5.22. The number of hydrogen-bond donors (Lipinski definition) is 1. The molecule has 0 amide bonds. The van der Waals surface area contributed by atoms with Crippen molar-refractivity contribution in [3.05, 3.63) is 65.9 Å². The molecule has 0 radical (unpaired) electrons. The molecule has 2 atom stereocenters. The molecule has 1 N–H and O–H groups in total. The molecule has 6 nitrogen and oxygen atoms in total. The van der Waals surface area contributed by atoms with Crippen LogP contribution in [-0.4, -0.2) is 45.6 Å². The number of hydrogen-bond acceptors (Lipinski definition) is 5. The van der Waals surface area contributed by atoms with Crippen LogP contribution in [0.4, 0.5) is 0 Å². The molecule has 0 fully saturated rings. The van der Waals surface area contributed by atoms with Gasteiger partial charge >= 0.3 is 0 Å². The van der Waals surface area contributed by atoms with Gasteiger partial charge in [-0.15, -0.1) is 0 Å². The summed E-state index contributed by atoms with van der Waals surface area (Å²) in [5.41, 5.74) is 2.99. The first-order chi connectivity index (χ1) is 15.5. The highest BCUT2D eigenvalue weighted by Crippen LogP contribution is 2.33. The fraction of sp³-hybridized carbons (Fsp3) is 0.423. The summed E-state index contributed by atoms with van der Waals surface area (Å²) in [5.74, 6) is 2.21. The molecule has 1 heterocycles. The number of aliphatic hydroxyl groups excluding tert-OH is 1. The van der Waals surface area contributed by atoms with Crippen molar-refractivity contribution in [2.45, 2.75) is 59.2 Å². The van der Waals surface area contributed by atoms with Gasteiger partial charge in [-0.2, -0.15) is 5.10 Å². The van der Waals surface area contributed by atoms with Gasteiger partial charge < -0.3 is 14.6 Å². The van der Waals surface area contributed by atoms with Gasteiger partial charge in [-0.05, 0) is 63.1 Å². The number of nitrogens with zero attached hydrogens (tertiary/aromatic N) is 3. The van der Waals surface area contributed by atoms with Crippen molar-refractivity contribution in [3.8, 4) is 23.1 Å². The lowest BCUT2D eigenvalue weighted by Gasteiger charge is -2.29. The first kappa shape index (κ1) is 23.8. The van der Waals surface area contributed by atoms with Gasteiger partial charge in [0.15, 0.2) is 0 Å². The number of benzene rings is 2. The molecule has 0 aliphatic heterocycles. The SMILES string of the molecule is CCc1nn(-c2ccccc2)c(Oc2ccc(OC)cc2)c1CN(CC(C)O)C(C)CC. The summed E-state index contributed by atoms with van der Waals surface area (Å²) in [7, 11) is 1.65. The normalized spacial score (nSPS) is 13.2. The van der Waals surface area contributed by atoms with Gasteiger partial charge in [-0.3, -0.25) is 4.90 Å². The highest BCUT2D eigenvalue weighted by Gasteiger charge is 2.24. The highest BCUT2D eigenvalue weighted by atomic mass is 16.5. The van der Waals surface area contributed by atoms with Gasteiger partial charge in [0.1, 0.15) is 11.5 Å². The van der Waals surface area contributed by atoms with Crippen LogP contribution in [0.2, 0.25) is 0 Å². The van der Waals surface area contributed by atoms with Crippen LogP contribution in [0.25, 0.3) is 5.69 Å². The average Bonchev–Trinajstić information content (AvgIpc) is 3.15. The molecule has 32 heavy (non-hydrogen) atoms. The third kappa shape index (κ3) is 5.69. The largest absolute Gasteiger partial charge is 0.497 e. The van der Waals surface area contributed by atoms with Crippen molar-refractivity contribution in [3.63, 3.8) is 0 Å². The summed E-state index contributed by atoms with van der Waals surface area (Å²) in [4.78, 5) is 2.30. The quantitative estimate of drug-likeness (QED) is 0.446. The van der Waals surface area contributed by atoms with Crippen LogP contribution in [0.3, 0.4) is 0 Å². The van der Waals surface area contributed by atoms with Crippen molar-refractivity contribution in [2.75, 3.05) is 13.7 Å². The summed E-state index contributed by atoms with van der Waals surface area (Å²) in [6, 6.07) is 17.9. The fourth-order valence-electron chi connectivity index (χ4n) is 3.73. The molecule has 0 saturated carbocycles. The molecule has 0 aliphatic rings. The van der Waals surface area contributed by atoms with E-state index in [0.717, 1.165) is 41.3 Å². The van der Waals surface area contributed by atoms with Gasteiger partial charge in [0.05, 0.1) is 30.2 Å². The molecule has 3 rings (SSSR count). The maximum atomic E-state index is 10.1. The van der Waals surface area contributed by atoms with Gasteiger partial charge in [-0.1, -0.05) is 32.0 Å². The van der Waals surface area contributed by atoms with Crippen LogP contribution in [0.1, 0.15) is 45.4 Å². The van der Waals surface area contributed by atoms with Crippen LogP contribution in [0.5, 0.6) is 17.4 Å². The van der Waals surface area contributed by atoms with Gasteiger partial charge in [0.25, 0.3) is 0 Å². The van der Waals surface area contributed by atoms with E-state index in [4.69, 9.17) is 14.6 Å². The topological polar surface area (TPSA) is 59.8 Å². The van der Waals surface area contributed by atoms with Crippen molar-refractivity contribution in [2.24, 2.45) is 0 Å². The van der Waals surface area contributed by atoms with Gasteiger partial charge in [0, 0.05) is 19.1 Å². The van der Waals surface area contributed by atoms with Crippen LogP contribution >= 0.6 is 0 Å². The second-order valence-corrected chi connectivity index (χ2v) is 8.14. The van der Waals surface area contributed by atoms with Gasteiger partial charge in [0.2, 0.25) is 5.88 Å². The number of para-hydroxylation sites is 1. The molecule has 6 heteroatoms. The Bertz CT molecular complexity index is 968. The Labute approximate surface area is 191 Å². The van der Waals surface area contributed by atoms with Gasteiger partial charge in [-0.25, -0.2) is 4.68 Å². The minimum Gasteiger partial charge on any atom is -0.497 e. The van der Waals surface area contributed by atoms with E-state index in [1.807, 2.05) is 66.2 Å². The maximum Gasteiger partial charge on any atom is 0.227 e. The zero-order valence-electron chi connectivity index (χ0n) is 19.8. The van der Waals surface area contributed by atoms with Crippen molar-refractivity contribution in [1.82, 2.24) is 14.7 Å². The number of ether oxygens (including phenoxy) is 2. The van der Waals surface area contributed by atoms with Crippen LogP contribution in [0, 0.1) is 0 Å². The summed E-state index contributed by atoms with van der Waals surface area (Å²) >= 11 is 0. The smallest absolute Gasteiger partial charge is 0.227 e. The Morgan fingerprint density at radius 1 is 1.00 bits per heavy atom. The first-order valence-electron chi connectivity index (χ1n) is 11.4. The number of aliphatic hydroxyl groups is 1. The average molecular weight is 438 g/mol. The Kier molecular flexibility index (Phi) is 8.31. The summed E-state index contributed by atoms with van der Waals surface area (Å²) in [6.45, 7) is 9.55. The van der Waals surface area contributed by atoms with E-state index in [1.54, 1.807) is 7.11 Å². The number of rotatable bonds is 11. The lowest BCUT2D eigenvalue weighted by atomic mass is 10.1. The molecular weight excluding hydrogens is 402 g/mol. The summed E-state index contributed by atoms with van der Waals surface area (Å²) < 4.78 is 13.6. The predicted molar refractivity (Wildman–Crippen MR) is 128 cm³/mol. The molecule has 3 aromatic rings. The minimum absolute atomic E-state index is 0.322. The minimum atomic E-state index is -0.413. The molecule has 0 bridgehead atoms. The van der Waals surface area contributed by atoms with E-state index in [-0.39, 0.29) is 0 Å². The van der Waals surface area contributed by atoms with Crippen molar-refractivity contribution < 1.29 is 14.6 Å². The standard InChI is InChI=1S/C26H35N3O3/c1-6-19(3)28(17-20(4)30)18-24-25(7-2)27-29(21-11-9-8-10-12-21)26(24)32-23-15-13-22(31-5)14-16-23/h8-16,19-20,30H,6-7,17-18H2,1-5H3. The molecular formula is C26H35N3O3. The Morgan fingerprint density at radius 3 is 2.22 bits per heavy atom.